The van der Waals surface area contributed by atoms with E-state index in [0.717, 1.165) is 30.0 Å². The van der Waals surface area contributed by atoms with Gasteiger partial charge in [-0.15, -0.1) is 11.3 Å². The fourth-order valence-corrected chi connectivity index (χ4v) is 2.40. The normalized spacial score (nSPS) is 11.0. The lowest BCUT2D eigenvalue weighted by atomic mass is 10.1. The molecule has 0 unspecified atom stereocenters. The lowest BCUT2D eigenvalue weighted by molar-refractivity contribution is -0.131. The highest BCUT2D eigenvalue weighted by Crippen LogP contribution is 2.26. The minimum Gasteiger partial charge on any atom is -0.478 e. The number of hydrogen-bond acceptors (Lipinski definition) is 4. The number of benzene rings is 1. The number of thiazole rings is 1. The summed E-state index contributed by atoms with van der Waals surface area (Å²) in [6.07, 6.45) is 1.96. The average molecular weight is 310 g/mol. The summed E-state index contributed by atoms with van der Waals surface area (Å²) in [4.78, 5) is 15.9. The molecule has 1 N–H and O–H groups in total. The Kier molecular flexibility index (Phi) is 4.64. The van der Waals surface area contributed by atoms with Crippen LogP contribution in [0.15, 0.2) is 29.1 Å². The van der Waals surface area contributed by atoms with Crippen molar-refractivity contribution in [2.24, 2.45) is 0 Å². The van der Waals surface area contributed by atoms with Crippen LogP contribution < -0.4 is 4.90 Å². The summed E-state index contributed by atoms with van der Waals surface area (Å²) in [5.41, 5.74) is 2.35. The predicted octanol–water partition coefficient (Wildman–Crippen LogP) is 3.16. The molecule has 0 aliphatic heterocycles. The van der Waals surface area contributed by atoms with Crippen molar-refractivity contribution in [2.75, 3.05) is 11.9 Å². The first-order valence-corrected chi connectivity index (χ1v) is 6.90. The third-order valence-corrected chi connectivity index (χ3v) is 3.36. The molecule has 1 heterocycles. The number of carboxylic acids is 1. The molecular weight excluding hydrogens is 298 g/mol. The SMILES string of the molecule is CN(Cc1cscn1)c1c(F)cc(C=CC(=O)O)cc1F. The van der Waals surface area contributed by atoms with Gasteiger partial charge in [-0.2, -0.15) is 0 Å². The van der Waals surface area contributed by atoms with Gasteiger partial charge in [0.1, 0.15) is 17.3 Å². The zero-order valence-electron chi connectivity index (χ0n) is 11.1. The minimum atomic E-state index is -1.18. The van der Waals surface area contributed by atoms with Crippen molar-refractivity contribution in [3.05, 3.63) is 52.0 Å². The number of hydrogen-bond donors (Lipinski definition) is 1. The van der Waals surface area contributed by atoms with E-state index >= 15 is 0 Å². The van der Waals surface area contributed by atoms with Crippen LogP contribution in [0.3, 0.4) is 0 Å². The van der Waals surface area contributed by atoms with E-state index in [1.807, 2.05) is 0 Å². The van der Waals surface area contributed by atoms with Gasteiger partial charge >= 0.3 is 5.97 Å². The van der Waals surface area contributed by atoms with Gasteiger partial charge < -0.3 is 10.0 Å². The summed E-state index contributed by atoms with van der Waals surface area (Å²) >= 11 is 1.41. The van der Waals surface area contributed by atoms with Gasteiger partial charge in [-0.05, 0) is 23.8 Å². The van der Waals surface area contributed by atoms with Gasteiger partial charge in [-0.1, -0.05) is 0 Å². The van der Waals surface area contributed by atoms with Gasteiger partial charge in [0.05, 0.1) is 17.7 Å². The Bertz CT molecular complexity index is 649. The summed E-state index contributed by atoms with van der Waals surface area (Å²) in [7, 11) is 1.56. The first-order valence-electron chi connectivity index (χ1n) is 5.95. The van der Waals surface area contributed by atoms with Gasteiger partial charge in [-0.25, -0.2) is 18.6 Å². The molecule has 0 aliphatic rings. The molecule has 0 radical (unpaired) electrons. The van der Waals surface area contributed by atoms with E-state index in [2.05, 4.69) is 4.98 Å². The molecule has 1 aromatic carbocycles. The van der Waals surface area contributed by atoms with Gasteiger partial charge in [-0.3, -0.25) is 0 Å². The minimum absolute atomic E-state index is 0.151. The second-order valence-corrected chi connectivity index (χ2v) is 5.06. The molecule has 0 bridgehead atoms. The third kappa shape index (κ3) is 3.85. The first kappa shape index (κ1) is 15.1. The molecule has 21 heavy (non-hydrogen) atoms. The molecule has 4 nitrogen and oxygen atoms in total. The Balaban J connectivity index is 2.26. The van der Waals surface area contributed by atoms with Crippen LogP contribution in [0.25, 0.3) is 6.08 Å². The van der Waals surface area contributed by atoms with Crippen LogP contribution >= 0.6 is 11.3 Å². The van der Waals surface area contributed by atoms with Crippen molar-refractivity contribution in [3.63, 3.8) is 0 Å². The number of nitrogens with zero attached hydrogens (tertiary/aromatic N) is 2. The molecule has 0 spiro atoms. The van der Waals surface area contributed by atoms with Crippen LogP contribution in [0.5, 0.6) is 0 Å². The van der Waals surface area contributed by atoms with E-state index in [4.69, 9.17) is 5.11 Å². The average Bonchev–Trinajstić information content (AvgIpc) is 2.88. The number of carbonyl (C=O) groups is 1. The summed E-state index contributed by atoms with van der Waals surface area (Å²) < 4.78 is 28.1. The van der Waals surface area contributed by atoms with Crippen molar-refractivity contribution in [1.29, 1.82) is 0 Å². The van der Waals surface area contributed by atoms with Crippen molar-refractivity contribution in [2.45, 2.75) is 6.54 Å². The number of carboxylic acid groups (broad SMARTS) is 1. The van der Waals surface area contributed by atoms with Gasteiger partial charge in [0.2, 0.25) is 0 Å². The van der Waals surface area contributed by atoms with E-state index in [1.165, 1.54) is 16.2 Å². The molecule has 0 fully saturated rings. The van der Waals surface area contributed by atoms with E-state index in [0.29, 0.717) is 0 Å². The van der Waals surface area contributed by atoms with Crippen molar-refractivity contribution in [1.82, 2.24) is 4.98 Å². The highest BCUT2D eigenvalue weighted by molar-refractivity contribution is 7.07. The van der Waals surface area contributed by atoms with E-state index in [1.54, 1.807) is 17.9 Å². The number of halogens is 2. The highest BCUT2D eigenvalue weighted by Gasteiger charge is 2.15. The molecule has 110 valence electrons. The summed E-state index contributed by atoms with van der Waals surface area (Å²) in [6, 6.07) is 2.19. The number of rotatable bonds is 5. The van der Waals surface area contributed by atoms with Crippen LogP contribution in [0.1, 0.15) is 11.3 Å². The molecule has 2 aromatic rings. The molecule has 0 atom stereocenters. The Morgan fingerprint density at radius 1 is 1.43 bits per heavy atom. The Morgan fingerprint density at radius 2 is 2.10 bits per heavy atom. The monoisotopic (exact) mass is 310 g/mol. The quantitative estimate of drug-likeness (QED) is 0.862. The number of aliphatic carboxylic acids is 1. The summed E-state index contributed by atoms with van der Waals surface area (Å²) in [5, 5.41) is 10.3. The second-order valence-electron chi connectivity index (χ2n) is 4.34. The number of anilines is 1. The van der Waals surface area contributed by atoms with E-state index in [9.17, 15) is 13.6 Å². The second kappa shape index (κ2) is 6.45. The van der Waals surface area contributed by atoms with Crippen LogP contribution in [-0.4, -0.2) is 23.1 Å². The largest absolute Gasteiger partial charge is 0.478 e. The predicted molar refractivity (Wildman–Crippen MR) is 77.2 cm³/mol. The maximum Gasteiger partial charge on any atom is 0.328 e. The Hall–Kier alpha value is -2.28. The maximum atomic E-state index is 14.0. The zero-order chi connectivity index (χ0) is 15.4. The lowest BCUT2D eigenvalue weighted by Gasteiger charge is -2.19. The molecule has 0 amide bonds. The first-order chi connectivity index (χ1) is 9.97. The van der Waals surface area contributed by atoms with Gasteiger partial charge in [0, 0.05) is 18.5 Å². The van der Waals surface area contributed by atoms with Crippen LogP contribution in [0.2, 0.25) is 0 Å². The smallest absolute Gasteiger partial charge is 0.328 e. The zero-order valence-corrected chi connectivity index (χ0v) is 11.9. The third-order valence-electron chi connectivity index (χ3n) is 2.72. The molecule has 7 heteroatoms. The topological polar surface area (TPSA) is 53.4 Å². The van der Waals surface area contributed by atoms with Crippen molar-refractivity contribution in [3.8, 4) is 0 Å². The molecule has 0 saturated carbocycles. The molecule has 0 saturated heterocycles. The molecular formula is C14H12F2N2O2S. The van der Waals surface area contributed by atoms with Crippen LogP contribution in [0, 0.1) is 11.6 Å². The standard InChI is InChI=1S/C14H12F2N2O2S/c1-18(6-10-7-21-8-17-10)14-11(15)4-9(5-12(14)16)2-3-13(19)20/h2-5,7-8H,6H2,1H3,(H,19,20). The van der Waals surface area contributed by atoms with E-state index in [-0.39, 0.29) is 17.8 Å². The Labute approximate surface area is 124 Å². The van der Waals surface area contributed by atoms with Crippen LogP contribution in [0.4, 0.5) is 14.5 Å². The lowest BCUT2D eigenvalue weighted by Crippen LogP contribution is -2.19. The van der Waals surface area contributed by atoms with E-state index < -0.39 is 17.6 Å². The maximum absolute atomic E-state index is 14.0. The summed E-state index contributed by atoms with van der Waals surface area (Å²) in [6.45, 7) is 0.279. The summed E-state index contributed by atoms with van der Waals surface area (Å²) in [5.74, 6) is -2.68. The fourth-order valence-electron chi connectivity index (χ4n) is 1.85. The van der Waals surface area contributed by atoms with Crippen molar-refractivity contribution < 1.29 is 18.7 Å². The molecule has 0 aliphatic carbocycles. The van der Waals surface area contributed by atoms with Gasteiger partial charge in [0.25, 0.3) is 0 Å². The van der Waals surface area contributed by atoms with Crippen molar-refractivity contribution >= 4 is 29.1 Å². The highest BCUT2D eigenvalue weighted by atomic mass is 32.1. The van der Waals surface area contributed by atoms with Crippen LogP contribution in [-0.2, 0) is 11.3 Å². The molecule has 1 aromatic heterocycles. The van der Waals surface area contributed by atoms with Gasteiger partial charge in [0.15, 0.2) is 0 Å². The molecule has 2 rings (SSSR count). The number of aromatic nitrogens is 1. The fraction of sp³-hybridized carbons (Fsp3) is 0.143. The Morgan fingerprint density at radius 3 is 2.62 bits per heavy atom.